The van der Waals surface area contributed by atoms with Crippen molar-refractivity contribution in [1.82, 2.24) is 5.32 Å². The molecule has 1 aromatic carbocycles. The quantitative estimate of drug-likeness (QED) is 0.493. The van der Waals surface area contributed by atoms with Crippen LogP contribution in [-0.2, 0) is 4.79 Å². The molecule has 2 rings (SSSR count). The van der Waals surface area contributed by atoms with Crippen LogP contribution in [0.15, 0.2) is 42.0 Å². The number of hydrogen-bond donors (Lipinski definition) is 1. The van der Waals surface area contributed by atoms with Gasteiger partial charge in [0.2, 0.25) is 0 Å². The number of unbranched alkanes of at least 4 members (excludes halogenated alkanes) is 1. The molecular formula is C18H21NO2. The number of carbonyl (C=O) groups is 2. The summed E-state index contributed by atoms with van der Waals surface area (Å²) in [6, 6.07) is 7.44. The molecular weight excluding hydrogens is 262 g/mol. The lowest BCUT2D eigenvalue weighted by atomic mass is 10.0. The molecule has 1 aliphatic carbocycles. The highest BCUT2D eigenvalue weighted by Gasteiger charge is 2.32. The number of ketones is 1. The minimum Gasteiger partial charge on any atom is -0.352 e. The molecule has 0 fully saturated rings. The van der Waals surface area contributed by atoms with Crippen LogP contribution >= 0.6 is 0 Å². The van der Waals surface area contributed by atoms with Crippen LogP contribution < -0.4 is 5.32 Å². The maximum atomic E-state index is 12.5. The third-order valence-corrected chi connectivity index (χ3v) is 3.63. The Morgan fingerprint density at radius 1 is 1.24 bits per heavy atom. The molecule has 1 amide bonds. The van der Waals surface area contributed by atoms with E-state index in [-0.39, 0.29) is 11.7 Å². The van der Waals surface area contributed by atoms with Gasteiger partial charge in [0.15, 0.2) is 5.78 Å². The van der Waals surface area contributed by atoms with E-state index in [0.717, 1.165) is 24.0 Å². The van der Waals surface area contributed by atoms with E-state index in [2.05, 4.69) is 12.2 Å². The number of rotatable bonds is 6. The van der Waals surface area contributed by atoms with Crippen LogP contribution in [0.5, 0.6) is 0 Å². The summed E-state index contributed by atoms with van der Waals surface area (Å²) >= 11 is 0. The average molecular weight is 283 g/mol. The molecule has 0 aliphatic heterocycles. The molecule has 0 bridgehead atoms. The fourth-order valence-electron chi connectivity index (χ4n) is 2.51. The number of carbonyl (C=O) groups excluding carboxylic acids is 2. The first-order chi connectivity index (χ1) is 10.2. The summed E-state index contributed by atoms with van der Waals surface area (Å²) in [6.45, 7) is 4.61. The Balaban J connectivity index is 2.34. The van der Waals surface area contributed by atoms with E-state index in [1.54, 1.807) is 6.07 Å². The Hall–Kier alpha value is -2.16. The fraction of sp³-hybridized carbons (Fsp3) is 0.333. The molecule has 0 spiro atoms. The van der Waals surface area contributed by atoms with Gasteiger partial charge in [-0.1, -0.05) is 49.8 Å². The van der Waals surface area contributed by atoms with Gasteiger partial charge < -0.3 is 5.32 Å². The Kier molecular flexibility index (Phi) is 5.09. The van der Waals surface area contributed by atoms with Gasteiger partial charge in [-0.2, -0.15) is 0 Å². The smallest absolute Gasteiger partial charge is 0.255 e. The molecule has 1 N–H and O–H groups in total. The Labute approximate surface area is 125 Å². The number of Topliss-reactive ketones (excluding diaryl/α,β-unsaturated/α-hetero) is 1. The van der Waals surface area contributed by atoms with Gasteiger partial charge in [-0.05, 0) is 30.9 Å². The van der Waals surface area contributed by atoms with Gasteiger partial charge in [0, 0.05) is 12.1 Å². The van der Waals surface area contributed by atoms with Crippen LogP contribution in [0.2, 0.25) is 0 Å². The molecule has 1 aliphatic rings. The van der Waals surface area contributed by atoms with Crippen LogP contribution in [0, 0.1) is 0 Å². The minimum atomic E-state index is -0.246. The second-order valence-corrected chi connectivity index (χ2v) is 5.11. The Morgan fingerprint density at radius 2 is 1.95 bits per heavy atom. The number of nitrogens with one attached hydrogen (secondary N) is 1. The third kappa shape index (κ3) is 3.13. The van der Waals surface area contributed by atoms with Gasteiger partial charge in [-0.3, -0.25) is 9.59 Å². The van der Waals surface area contributed by atoms with Crippen molar-refractivity contribution < 1.29 is 9.59 Å². The lowest BCUT2D eigenvalue weighted by molar-refractivity contribution is -0.117. The zero-order valence-electron chi connectivity index (χ0n) is 12.6. The van der Waals surface area contributed by atoms with Crippen molar-refractivity contribution in [2.75, 3.05) is 6.54 Å². The first kappa shape index (κ1) is 15.2. The molecule has 0 aromatic heterocycles. The lowest BCUT2D eigenvalue weighted by Gasteiger charge is -2.06. The first-order valence-electron chi connectivity index (χ1n) is 7.47. The van der Waals surface area contributed by atoms with Gasteiger partial charge in [0.05, 0.1) is 5.57 Å². The van der Waals surface area contributed by atoms with E-state index < -0.39 is 0 Å². The zero-order valence-corrected chi connectivity index (χ0v) is 12.6. The highest BCUT2D eigenvalue weighted by molar-refractivity contribution is 6.34. The van der Waals surface area contributed by atoms with E-state index in [9.17, 15) is 9.59 Å². The van der Waals surface area contributed by atoms with Crippen LogP contribution in [-0.4, -0.2) is 18.2 Å². The van der Waals surface area contributed by atoms with Gasteiger partial charge in [0.25, 0.3) is 5.91 Å². The van der Waals surface area contributed by atoms with Gasteiger partial charge in [-0.25, -0.2) is 0 Å². The summed E-state index contributed by atoms with van der Waals surface area (Å²) in [4.78, 5) is 24.9. The molecule has 110 valence electrons. The van der Waals surface area contributed by atoms with Crippen molar-refractivity contribution in [2.24, 2.45) is 0 Å². The second kappa shape index (κ2) is 7.02. The van der Waals surface area contributed by atoms with Crippen molar-refractivity contribution in [2.45, 2.75) is 33.1 Å². The van der Waals surface area contributed by atoms with Crippen LogP contribution in [0.3, 0.4) is 0 Å². The molecule has 0 unspecified atom stereocenters. The molecule has 1 aromatic rings. The number of fused-ring (bicyclic) bond motifs is 1. The normalized spacial score (nSPS) is 13.9. The van der Waals surface area contributed by atoms with Crippen molar-refractivity contribution in [1.29, 1.82) is 0 Å². The van der Waals surface area contributed by atoms with Crippen molar-refractivity contribution >= 4 is 17.3 Å². The monoisotopic (exact) mass is 283 g/mol. The predicted molar refractivity (Wildman–Crippen MR) is 85.0 cm³/mol. The summed E-state index contributed by atoms with van der Waals surface area (Å²) in [7, 11) is 0. The summed E-state index contributed by atoms with van der Waals surface area (Å²) in [5.41, 5.74) is 2.67. The minimum absolute atomic E-state index is 0.154. The van der Waals surface area contributed by atoms with Crippen LogP contribution in [0.4, 0.5) is 0 Å². The van der Waals surface area contributed by atoms with E-state index in [4.69, 9.17) is 0 Å². The summed E-state index contributed by atoms with van der Waals surface area (Å²) in [5, 5.41) is 2.86. The Morgan fingerprint density at radius 3 is 2.62 bits per heavy atom. The standard InChI is InChI=1S/C18H21NO2/c1-3-5-9-14-13-10-7-8-11-15(13)17(20)16(14)18(21)19-12-6-4-2/h3,5,7-8,10-11H,4,6,9,12H2,1-2H3,(H,19,21)/b5-3+. The topological polar surface area (TPSA) is 46.2 Å². The summed E-state index contributed by atoms with van der Waals surface area (Å²) in [5.74, 6) is -0.400. The first-order valence-corrected chi connectivity index (χ1v) is 7.47. The van der Waals surface area contributed by atoms with Gasteiger partial charge in [-0.15, -0.1) is 0 Å². The maximum Gasteiger partial charge on any atom is 0.255 e. The summed E-state index contributed by atoms with van der Waals surface area (Å²) < 4.78 is 0. The Bertz CT molecular complexity index is 611. The van der Waals surface area contributed by atoms with E-state index in [0.29, 0.717) is 24.1 Å². The molecule has 0 saturated carbocycles. The van der Waals surface area contributed by atoms with Gasteiger partial charge >= 0.3 is 0 Å². The SMILES string of the molecule is C/C=C/CC1=C(C(=O)NCCCC)C(=O)c2ccccc21. The third-order valence-electron chi connectivity index (χ3n) is 3.63. The number of benzene rings is 1. The molecule has 0 radical (unpaired) electrons. The van der Waals surface area contributed by atoms with Crippen LogP contribution in [0.1, 0.15) is 49.0 Å². The lowest BCUT2D eigenvalue weighted by Crippen LogP contribution is -2.28. The van der Waals surface area contributed by atoms with E-state index in [1.807, 2.05) is 37.3 Å². The highest BCUT2D eigenvalue weighted by atomic mass is 16.2. The predicted octanol–water partition coefficient (Wildman–Crippen LogP) is 3.52. The van der Waals surface area contributed by atoms with Gasteiger partial charge in [0.1, 0.15) is 0 Å². The summed E-state index contributed by atoms with van der Waals surface area (Å²) in [6.07, 6.45) is 6.45. The van der Waals surface area contributed by atoms with Crippen molar-refractivity contribution in [3.05, 3.63) is 53.1 Å². The molecule has 0 heterocycles. The highest BCUT2D eigenvalue weighted by Crippen LogP contribution is 2.35. The number of hydrogen-bond acceptors (Lipinski definition) is 2. The number of allylic oxidation sites excluding steroid dienone is 3. The molecule has 0 saturated heterocycles. The second-order valence-electron chi connectivity index (χ2n) is 5.11. The molecule has 3 heteroatoms. The van der Waals surface area contributed by atoms with E-state index in [1.165, 1.54) is 0 Å². The van der Waals surface area contributed by atoms with Crippen molar-refractivity contribution in [3.8, 4) is 0 Å². The largest absolute Gasteiger partial charge is 0.352 e. The zero-order chi connectivity index (χ0) is 15.2. The average Bonchev–Trinajstić information content (AvgIpc) is 2.78. The fourth-order valence-corrected chi connectivity index (χ4v) is 2.51. The molecule has 3 nitrogen and oxygen atoms in total. The van der Waals surface area contributed by atoms with Crippen molar-refractivity contribution in [3.63, 3.8) is 0 Å². The molecule has 21 heavy (non-hydrogen) atoms. The molecule has 0 atom stereocenters. The number of amides is 1. The van der Waals surface area contributed by atoms with Crippen LogP contribution in [0.25, 0.3) is 5.57 Å². The maximum absolute atomic E-state index is 12.5. The van der Waals surface area contributed by atoms with E-state index >= 15 is 0 Å².